The molecule has 0 saturated heterocycles. The number of thiol groups is 1. The first-order valence-corrected chi connectivity index (χ1v) is 15.6. The summed E-state index contributed by atoms with van der Waals surface area (Å²) in [6.07, 6.45) is 6.43. The molecule has 4 N–H and O–H groups in total. The molecule has 2 saturated carbocycles. The van der Waals surface area contributed by atoms with Gasteiger partial charge in [0.15, 0.2) is 22.5 Å². The summed E-state index contributed by atoms with van der Waals surface area (Å²) in [6.45, 7) is 0. The number of thiazole rings is 1. The minimum Gasteiger partial charge on any atom is -0.870 e. The molecule has 2 aliphatic carbocycles. The fraction of sp³-hybridized carbons (Fsp3) is 0.300. The smallest absolute Gasteiger partial charge is 0.355 e. The third-order valence-electron chi connectivity index (χ3n) is 7.52. The van der Waals surface area contributed by atoms with Gasteiger partial charge in [0.05, 0.1) is 17.0 Å². The van der Waals surface area contributed by atoms with Crippen LogP contribution in [0.5, 0.6) is 0 Å². The van der Waals surface area contributed by atoms with Crippen molar-refractivity contribution < 1.29 is 28.4 Å². The molecular formula is C30H28F2N4O4S2. The second-order valence-electron chi connectivity index (χ2n) is 10.5. The fourth-order valence-electron chi connectivity index (χ4n) is 5.31. The lowest BCUT2D eigenvalue weighted by atomic mass is 9.96. The van der Waals surface area contributed by atoms with E-state index >= 15 is 0 Å². The highest BCUT2D eigenvalue weighted by Gasteiger charge is 2.34. The zero-order chi connectivity index (χ0) is 28.7. The van der Waals surface area contributed by atoms with Crippen molar-refractivity contribution in [3.05, 3.63) is 81.5 Å². The van der Waals surface area contributed by atoms with Crippen molar-refractivity contribution in [1.29, 1.82) is 0 Å². The number of aromatic nitrogens is 3. The summed E-state index contributed by atoms with van der Waals surface area (Å²) in [5.41, 5.74) is 3.72. The third-order valence-corrected chi connectivity index (χ3v) is 9.17. The summed E-state index contributed by atoms with van der Waals surface area (Å²) >= 11 is 1.17. The van der Waals surface area contributed by atoms with Gasteiger partial charge < -0.3 is 10.6 Å². The molecule has 2 aliphatic rings. The minimum absolute atomic E-state index is 0. The third kappa shape index (κ3) is 6.05. The Morgan fingerprint density at radius 3 is 2.52 bits per heavy atom. The van der Waals surface area contributed by atoms with Crippen LogP contribution in [-0.2, 0) is 21.6 Å². The summed E-state index contributed by atoms with van der Waals surface area (Å²) < 4.78 is 43.0. The molecule has 218 valence electrons. The zero-order valence-electron chi connectivity index (χ0n) is 22.4. The molecule has 42 heavy (non-hydrogen) atoms. The maximum atomic E-state index is 14.9. The Kier molecular flexibility index (Phi) is 8.65. The first-order valence-electron chi connectivity index (χ1n) is 13.4. The maximum Gasteiger partial charge on any atom is 0.355 e. The molecule has 2 aromatic heterocycles. The van der Waals surface area contributed by atoms with E-state index in [0.29, 0.717) is 22.0 Å². The average Bonchev–Trinajstić information content (AvgIpc) is 3.30. The zero-order valence-corrected chi connectivity index (χ0v) is 24.1. The molecule has 4 aromatic rings. The van der Waals surface area contributed by atoms with Crippen molar-refractivity contribution in [3.63, 3.8) is 0 Å². The van der Waals surface area contributed by atoms with Crippen molar-refractivity contribution in [3.8, 4) is 28.2 Å². The van der Waals surface area contributed by atoms with Crippen LogP contribution >= 0.6 is 11.3 Å². The van der Waals surface area contributed by atoms with Gasteiger partial charge in [0.25, 0.3) is 0 Å². The molecule has 1 atom stereocenters. The topological polar surface area (TPSA) is 141 Å². The van der Waals surface area contributed by atoms with Crippen LogP contribution in [0.15, 0.2) is 46.7 Å². The monoisotopic (exact) mass is 610 g/mol. The maximum absolute atomic E-state index is 14.9. The second-order valence-corrected chi connectivity index (χ2v) is 12.4. The lowest BCUT2D eigenvalue weighted by Gasteiger charge is -2.09. The number of hydrogen-bond acceptors (Lipinski definition) is 6. The molecule has 1 unspecified atom stereocenters. The van der Waals surface area contributed by atoms with E-state index in [-0.39, 0.29) is 39.9 Å². The van der Waals surface area contributed by atoms with E-state index in [2.05, 4.69) is 16.8 Å². The summed E-state index contributed by atoms with van der Waals surface area (Å²) in [6, 6.07) is 9.16. The number of nitrogens with two attached hydrogens (primary N) is 1. The van der Waals surface area contributed by atoms with Gasteiger partial charge in [0.1, 0.15) is 5.82 Å². The molecule has 0 bridgehead atoms. The Balaban J connectivity index is 0.00000353. The second kappa shape index (κ2) is 12.2. The quantitative estimate of drug-likeness (QED) is 0.155. The predicted molar refractivity (Wildman–Crippen MR) is 155 cm³/mol. The van der Waals surface area contributed by atoms with Gasteiger partial charge in [-0.2, -0.15) is 5.10 Å². The van der Waals surface area contributed by atoms with Crippen LogP contribution in [0, 0.1) is 29.4 Å². The van der Waals surface area contributed by atoms with Gasteiger partial charge in [-0.05, 0) is 61.6 Å². The van der Waals surface area contributed by atoms with Crippen molar-refractivity contribution >= 4 is 28.3 Å². The molecule has 0 aliphatic heterocycles. The van der Waals surface area contributed by atoms with E-state index in [4.69, 9.17) is 10.2 Å². The molecule has 2 fully saturated rings. The van der Waals surface area contributed by atoms with Gasteiger partial charge >= 0.3 is 5.97 Å². The molecule has 0 radical (unpaired) electrons. The van der Waals surface area contributed by atoms with Gasteiger partial charge in [-0.25, -0.2) is 23.2 Å². The highest BCUT2D eigenvalue weighted by Crippen LogP contribution is 2.46. The van der Waals surface area contributed by atoms with Crippen LogP contribution in [0.4, 0.5) is 8.78 Å². The fourth-order valence-corrected chi connectivity index (χ4v) is 6.57. The number of benzene rings is 2. The highest BCUT2D eigenvalue weighted by molar-refractivity contribution is 7.82. The molecule has 6 rings (SSSR count). The lowest BCUT2D eigenvalue weighted by Crippen LogP contribution is -2.06. The number of halogens is 2. The Hall–Kier alpha value is -3.76. The number of nitrogens with zero attached hydrogens (tertiary/aromatic N) is 3. The summed E-state index contributed by atoms with van der Waals surface area (Å²) in [4.78, 5) is 15.8. The molecule has 0 spiro atoms. The number of carboxylic acids is 1. The summed E-state index contributed by atoms with van der Waals surface area (Å²) in [5.74, 6) is 4.49. The molecule has 2 heterocycles. The molecular weight excluding hydrogens is 582 g/mol. The average molecular weight is 611 g/mol. The highest BCUT2D eigenvalue weighted by atomic mass is 32.2. The molecule has 2 aromatic carbocycles. The molecule has 12 heteroatoms. The van der Waals surface area contributed by atoms with E-state index < -0.39 is 28.6 Å². The van der Waals surface area contributed by atoms with Crippen molar-refractivity contribution in [2.24, 2.45) is 11.1 Å². The van der Waals surface area contributed by atoms with Crippen LogP contribution in [0.2, 0.25) is 0 Å². The van der Waals surface area contributed by atoms with Gasteiger partial charge in [-0.15, -0.1) is 16.5 Å². The van der Waals surface area contributed by atoms with E-state index in [1.165, 1.54) is 34.9 Å². The van der Waals surface area contributed by atoms with Gasteiger partial charge in [0, 0.05) is 34.8 Å². The number of carbonyl (C=O) groups is 1. The normalized spacial score (nSPS) is 15.6. The largest absolute Gasteiger partial charge is 0.870 e. The predicted octanol–water partition coefficient (Wildman–Crippen LogP) is 5.73. The van der Waals surface area contributed by atoms with E-state index in [1.54, 1.807) is 22.9 Å². The summed E-state index contributed by atoms with van der Waals surface area (Å²) in [5, 5.41) is 21.6. The Morgan fingerprint density at radius 2 is 1.88 bits per heavy atom. The standard InChI is InChI=1S/C30H26F2N4O3S2.H2O/c31-23-11-10-21(15-20(23)7-5-17-3-1-2-4-17)27-22(13-18-6-12-26(41(33)39)24(32)14-18)28(19-8-9-19)36(35-27)30-34-25(16-40-30)29(37)38;/h6,10-12,14-17,19H,1-4,8-9,13H2,(H2,33,39)(H,37,38);1H2. The van der Waals surface area contributed by atoms with Gasteiger partial charge in [-0.3, -0.25) is 0 Å². The lowest BCUT2D eigenvalue weighted by molar-refractivity contribution is 0.0691. The van der Waals surface area contributed by atoms with Gasteiger partial charge in [-0.1, -0.05) is 35.0 Å². The number of aromatic carboxylic acids is 1. The Morgan fingerprint density at radius 1 is 1.12 bits per heavy atom. The SMILES string of the molecule is N[SH+](=O)c1ccc(Cc2c(-c3ccc(F)c(C#CC4CCCC4)c3)nn(-c3nc(C(=O)O)cs3)c2C2CC2)cc1F.[OH-]. The Labute approximate surface area is 247 Å². The van der Waals surface area contributed by atoms with Crippen molar-refractivity contribution in [2.45, 2.75) is 55.8 Å². The van der Waals surface area contributed by atoms with Crippen LogP contribution in [0.25, 0.3) is 16.4 Å². The summed E-state index contributed by atoms with van der Waals surface area (Å²) in [7, 11) is -2.33. The van der Waals surface area contributed by atoms with Crippen molar-refractivity contribution in [1.82, 2.24) is 14.8 Å². The van der Waals surface area contributed by atoms with E-state index in [0.717, 1.165) is 49.8 Å². The first-order chi connectivity index (χ1) is 19.8. The molecule has 0 amide bonds. The number of hydrogen-bond donors (Lipinski definition) is 2. The minimum atomic E-state index is -2.33. The molecule has 8 nitrogen and oxygen atoms in total. The van der Waals surface area contributed by atoms with Crippen molar-refractivity contribution in [2.75, 3.05) is 0 Å². The van der Waals surface area contributed by atoms with Gasteiger partial charge in [0.2, 0.25) is 10.0 Å². The van der Waals surface area contributed by atoms with Crippen LogP contribution in [0.3, 0.4) is 0 Å². The van der Waals surface area contributed by atoms with Crippen LogP contribution in [-0.4, -0.2) is 31.3 Å². The number of carboxylic acid groups (broad SMARTS) is 1. The van der Waals surface area contributed by atoms with Crippen LogP contribution < -0.4 is 5.14 Å². The van der Waals surface area contributed by atoms with E-state index in [9.17, 15) is 22.9 Å². The first kappa shape index (κ1) is 29.7. The van der Waals surface area contributed by atoms with E-state index in [1.807, 2.05) is 0 Å². The van der Waals surface area contributed by atoms with Crippen LogP contribution in [0.1, 0.15) is 77.3 Å². The Bertz CT molecular complexity index is 1750. The number of rotatable bonds is 7.